The lowest BCUT2D eigenvalue weighted by molar-refractivity contribution is -0.126. The van der Waals surface area contributed by atoms with Gasteiger partial charge in [0.25, 0.3) is 5.91 Å². The van der Waals surface area contributed by atoms with Crippen LogP contribution in [0, 0.1) is 12.8 Å². The molecule has 1 aliphatic heterocycles. The number of ether oxygens (including phenoxy) is 1. The number of nitrogens with one attached hydrogen (secondary N) is 2. The van der Waals surface area contributed by atoms with Gasteiger partial charge in [-0.05, 0) is 54.3 Å². The summed E-state index contributed by atoms with van der Waals surface area (Å²) in [4.78, 5) is 39.2. The third-order valence-corrected chi connectivity index (χ3v) is 6.33. The van der Waals surface area contributed by atoms with Crippen molar-refractivity contribution in [2.45, 2.75) is 33.2 Å². The molecule has 0 radical (unpaired) electrons. The Morgan fingerprint density at radius 2 is 1.75 bits per heavy atom. The predicted octanol–water partition coefficient (Wildman–Crippen LogP) is 4.24. The number of benzene rings is 3. The van der Waals surface area contributed by atoms with Crippen LogP contribution in [-0.4, -0.2) is 30.9 Å². The SMILES string of the molecule is CCc1cccc(C)c1NC(=O)COc1ccc(N2C[C@@H](C(=O)NCc3ccccc3)CC2=O)cc1. The van der Waals surface area contributed by atoms with Crippen LogP contribution in [0.15, 0.2) is 72.8 Å². The average molecular weight is 486 g/mol. The van der Waals surface area contributed by atoms with E-state index in [9.17, 15) is 14.4 Å². The van der Waals surface area contributed by atoms with E-state index < -0.39 is 5.92 Å². The number of aryl methyl sites for hydroxylation is 2. The first-order valence-electron chi connectivity index (χ1n) is 12.2. The average Bonchev–Trinajstić information content (AvgIpc) is 3.29. The number of hydrogen-bond acceptors (Lipinski definition) is 4. The Labute approximate surface area is 211 Å². The summed E-state index contributed by atoms with van der Waals surface area (Å²) in [6.07, 6.45) is 1.00. The Balaban J connectivity index is 1.28. The molecule has 3 amide bonds. The van der Waals surface area contributed by atoms with Crippen LogP contribution < -0.4 is 20.3 Å². The molecule has 4 rings (SSSR count). The number of hydrogen-bond donors (Lipinski definition) is 2. The highest BCUT2D eigenvalue weighted by Gasteiger charge is 2.35. The lowest BCUT2D eigenvalue weighted by Gasteiger charge is -2.17. The maximum atomic E-state index is 12.6. The van der Waals surface area contributed by atoms with Gasteiger partial charge in [0.2, 0.25) is 11.8 Å². The number of carbonyl (C=O) groups excluding carboxylic acids is 3. The van der Waals surface area contributed by atoms with Crippen molar-refractivity contribution in [3.8, 4) is 5.75 Å². The second-order valence-electron chi connectivity index (χ2n) is 8.90. The number of nitrogens with zero attached hydrogens (tertiary/aromatic N) is 1. The maximum absolute atomic E-state index is 12.6. The third kappa shape index (κ3) is 6.10. The second-order valence-corrected chi connectivity index (χ2v) is 8.90. The molecule has 3 aromatic carbocycles. The number of anilines is 2. The van der Waals surface area contributed by atoms with Crippen molar-refractivity contribution in [3.05, 3.63) is 89.5 Å². The van der Waals surface area contributed by atoms with E-state index in [2.05, 4.69) is 10.6 Å². The number of carbonyl (C=O) groups is 3. The van der Waals surface area contributed by atoms with Crippen LogP contribution in [0.5, 0.6) is 5.75 Å². The zero-order valence-corrected chi connectivity index (χ0v) is 20.6. The molecule has 0 aliphatic carbocycles. The molecule has 1 aliphatic rings. The molecule has 0 aromatic heterocycles. The lowest BCUT2D eigenvalue weighted by atomic mass is 10.1. The Hall–Kier alpha value is -4.13. The van der Waals surface area contributed by atoms with Gasteiger partial charge in [0, 0.05) is 30.9 Å². The van der Waals surface area contributed by atoms with Crippen molar-refractivity contribution in [3.63, 3.8) is 0 Å². The first kappa shape index (κ1) is 25.0. The molecule has 186 valence electrons. The van der Waals surface area contributed by atoms with E-state index in [1.54, 1.807) is 29.2 Å². The van der Waals surface area contributed by atoms with Gasteiger partial charge >= 0.3 is 0 Å². The van der Waals surface area contributed by atoms with Gasteiger partial charge in [0.1, 0.15) is 5.75 Å². The van der Waals surface area contributed by atoms with Gasteiger partial charge in [0.15, 0.2) is 6.61 Å². The van der Waals surface area contributed by atoms with Crippen molar-refractivity contribution in [1.29, 1.82) is 0 Å². The Morgan fingerprint density at radius 1 is 1.00 bits per heavy atom. The fraction of sp³-hybridized carbons (Fsp3) is 0.276. The molecule has 3 aromatic rings. The third-order valence-electron chi connectivity index (χ3n) is 6.33. The van der Waals surface area contributed by atoms with Crippen molar-refractivity contribution in [1.82, 2.24) is 5.32 Å². The fourth-order valence-electron chi connectivity index (χ4n) is 4.31. The largest absolute Gasteiger partial charge is 0.484 e. The molecule has 1 atom stereocenters. The van der Waals surface area contributed by atoms with Gasteiger partial charge in [-0.25, -0.2) is 0 Å². The molecule has 7 heteroatoms. The summed E-state index contributed by atoms with van der Waals surface area (Å²) >= 11 is 0. The van der Waals surface area contributed by atoms with Crippen LogP contribution >= 0.6 is 0 Å². The van der Waals surface area contributed by atoms with E-state index in [0.717, 1.165) is 28.8 Å². The molecule has 1 heterocycles. The summed E-state index contributed by atoms with van der Waals surface area (Å²) < 4.78 is 5.65. The summed E-state index contributed by atoms with van der Waals surface area (Å²) in [5.74, 6) is -0.316. The van der Waals surface area contributed by atoms with Crippen molar-refractivity contribution >= 4 is 29.1 Å². The van der Waals surface area contributed by atoms with E-state index in [1.165, 1.54) is 0 Å². The monoisotopic (exact) mass is 485 g/mol. The summed E-state index contributed by atoms with van der Waals surface area (Å²) in [6, 6.07) is 22.6. The first-order valence-corrected chi connectivity index (χ1v) is 12.2. The second kappa shape index (κ2) is 11.5. The summed E-state index contributed by atoms with van der Waals surface area (Å²) in [7, 11) is 0. The van der Waals surface area contributed by atoms with Crippen molar-refractivity contribution in [2.75, 3.05) is 23.4 Å². The molecule has 0 spiro atoms. The van der Waals surface area contributed by atoms with E-state index in [4.69, 9.17) is 4.74 Å². The molecule has 0 bridgehead atoms. The van der Waals surface area contributed by atoms with E-state index in [0.29, 0.717) is 24.5 Å². The van der Waals surface area contributed by atoms with Gasteiger partial charge < -0.3 is 20.3 Å². The van der Waals surface area contributed by atoms with E-state index in [-0.39, 0.29) is 30.7 Å². The van der Waals surface area contributed by atoms with Gasteiger partial charge in [-0.3, -0.25) is 14.4 Å². The molecular weight excluding hydrogens is 454 g/mol. The van der Waals surface area contributed by atoms with Crippen LogP contribution in [0.2, 0.25) is 0 Å². The van der Waals surface area contributed by atoms with Crippen molar-refractivity contribution < 1.29 is 19.1 Å². The maximum Gasteiger partial charge on any atom is 0.262 e. The summed E-state index contributed by atoms with van der Waals surface area (Å²) in [6.45, 7) is 4.66. The number of para-hydroxylation sites is 1. The fourth-order valence-corrected chi connectivity index (χ4v) is 4.31. The highest BCUT2D eigenvalue weighted by atomic mass is 16.5. The minimum absolute atomic E-state index is 0.0899. The molecular formula is C29H31N3O4. The Morgan fingerprint density at radius 3 is 2.47 bits per heavy atom. The van der Waals surface area contributed by atoms with Crippen LogP contribution in [0.3, 0.4) is 0 Å². The van der Waals surface area contributed by atoms with Gasteiger partial charge in [-0.2, -0.15) is 0 Å². The quantitative estimate of drug-likeness (QED) is 0.475. The van der Waals surface area contributed by atoms with Gasteiger partial charge in [0.05, 0.1) is 5.92 Å². The van der Waals surface area contributed by atoms with Gasteiger partial charge in [-0.15, -0.1) is 0 Å². The van der Waals surface area contributed by atoms with Crippen LogP contribution in [0.1, 0.15) is 30.0 Å². The highest BCUT2D eigenvalue weighted by molar-refractivity contribution is 6.00. The van der Waals surface area contributed by atoms with Crippen LogP contribution in [0.4, 0.5) is 11.4 Å². The van der Waals surface area contributed by atoms with E-state index >= 15 is 0 Å². The topological polar surface area (TPSA) is 87.7 Å². The summed E-state index contributed by atoms with van der Waals surface area (Å²) in [5.41, 5.74) is 4.63. The number of amides is 3. The lowest BCUT2D eigenvalue weighted by Crippen LogP contribution is -2.32. The highest BCUT2D eigenvalue weighted by Crippen LogP contribution is 2.27. The van der Waals surface area contributed by atoms with Crippen LogP contribution in [0.25, 0.3) is 0 Å². The summed E-state index contributed by atoms with van der Waals surface area (Å²) in [5, 5.41) is 5.87. The van der Waals surface area contributed by atoms with Crippen molar-refractivity contribution in [2.24, 2.45) is 5.92 Å². The molecule has 1 fully saturated rings. The van der Waals surface area contributed by atoms with Gasteiger partial charge in [-0.1, -0.05) is 55.5 Å². The Bertz CT molecular complexity index is 1230. The Kier molecular flexibility index (Phi) is 8.00. The molecule has 0 unspecified atom stereocenters. The molecule has 0 saturated carbocycles. The van der Waals surface area contributed by atoms with E-state index in [1.807, 2.05) is 62.4 Å². The minimum Gasteiger partial charge on any atom is -0.484 e. The molecule has 36 heavy (non-hydrogen) atoms. The predicted molar refractivity (Wildman–Crippen MR) is 140 cm³/mol. The minimum atomic E-state index is -0.393. The first-order chi connectivity index (χ1) is 17.4. The molecule has 1 saturated heterocycles. The normalized spacial score (nSPS) is 15.0. The van der Waals surface area contributed by atoms with Crippen LogP contribution in [-0.2, 0) is 27.3 Å². The number of rotatable bonds is 9. The zero-order chi connectivity index (χ0) is 25.5. The standard InChI is InChI=1S/C29H31N3O4/c1-3-22-11-7-8-20(2)28(22)31-26(33)19-36-25-14-12-24(13-15-25)32-18-23(16-27(32)34)29(35)30-17-21-9-5-4-6-10-21/h4-15,23H,3,16-19H2,1-2H3,(H,30,35)(H,31,33)/t23-/m0/s1. The smallest absolute Gasteiger partial charge is 0.262 e. The molecule has 2 N–H and O–H groups in total. The zero-order valence-electron chi connectivity index (χ0n) is 20.6. The molecule has 7 nitrogen and oxygen atoms in total.